The van der Waals surface area contributed by atoms with E-state index in [1.807, 2.05) is 0 Å². The molecule has 0 saturated heterocycles. The predicted molar refractivity (Wildman–Crippen MR) is 207 cm³/mol. The summed E-state index contributed by atoms with van der Waals surface area (Å²) in [6.07, 6.45) is 0. The van der Waals surface area contributed by atoms with E-state index in [1.165, 1.54) is 109 Å². The summed E-state index contributed by atoms with van der Waals surface area (Å²) in [5, 5.41) is 13.2. The highest BCUT2D eigenvalue weighted by atomic mass is 14.5. The number of rotatable bonds is 1. The Morgan fingerprint density at radius 1 is 0.306 bits per heavy atom. The van der Waals surface area contributed by atoms with Gasteiger partial charge in [-0.1, -0.05) is 164 Å². The molecule has 0 unspecified atom stereocenters. The van der Waals surface area contributed by atoms with Crippen molar-refractivity contribution in [2.75, 3.05) is 0 Å². The Labute approximate surface area is 283 Å². The van der Waals surface area contributed by atoms with Gasteiger partial charge in [0.1, 0.15) is 0 Å². The van der Waals surface area contributed by atoms with E-state index in [9.17, 15) is 0 Å². The van der Waals surface area contributed by atoms with Crippen LogP contribution in [-0.4, -0.2) is 0 Å². The molecule has 2 aliphatic carbocycles. The maximum Gasteiger partial charge on any atom is 0.0731 e. The monoisotopic (exact) mass is 616 g/mol. The molecule has 2 aliphatic rings. The molecule has 10 aromatic carbocycles. The van der Waals surface area contributed by atoms with Gasteiger partial charge in [0.15, 0.2) is 0 Å². The molecular formula is C49H28. The average Bonchev–Trinajstić information content (AvgIpc) is 3.64. The van der Waals surface area contributed by atoms with E-state index in [1.54, 1.807) is 0 Å². The first-order chi connectivity index (χ1) is 24.3. The van der Waals surface area contributed by atoms with Crippen LogP contribution in [0, 0.1) is 0 Å². The lowest BCUT2D eigenvalue weighted by Crippen LogP contribution is -2.26. The lowest BCUT2D eigenvalue weighted by atomic mass is 9.69. The van der Waals surface area contributed by atoms with Crippen molar-refractivity contribution in [1.29, 1.82) is 0 Å². The molecule has 0 aliphatic heterocycles. The van der Waals surface area contributed by atoms with Crippen molar-refractivity contribution in [3.8, 4) is 33.4 Å². The normalized spacial score (nSPS) is 13.9. The summed E-state index contributed by atoms with van der Waals surface area (Å²) in [5.41, 5.74) is 13.1. The SMILES string of the molecule is c1ccc2c(c1)-c1ccccc1C21c2ccc3ccccc3c2-c2ccc3cc(-c4ccc5ccc6cccc7ccc4c5c67)ccc3c21. The second-order valence-corrected chi connectivity index (χ2v) is 13.9. The minimum Gasteiger partial charge on any atom is -0.0619 e. The van der Waals surface area contributed by atoms with Crippen LogP contribution in [-0.2, 0) is 5.41 Å². The molecule has 0 fully saturated rings. The van der Waals surface area contributed by atoms with Gasteiger partial charge < -0.3 is 0 Å². The number of benzene rings is 10. The fraction of sp³-hybridized carbons (Fsp3) is 0.0204. The number of hydrogen-bond acceptors (Lipinski definition) is 0. The van der Waals surface area contributed by atoms with Crippen molar-refractivity contribution >= 4 is 53.9 Å². The van der Waals surface area contributed by atoms with Crippen molar-refractivity contribution in [2.24, 2.45) is 0 Å². The van der Waals surface area contributed by atoms with Crippen molar-refractivity contribution in [3.63, 3.8) is 0 Å². The molecule has 0 heterocycles. The van der Waals surface area contributed by atoms with Gasteiger partial charge in [0.2, 0.25) is 0 Å². The summed E-state index contributed by atoms with van der Waals surface area (Å²) < 4.78 is 0. The first-order valence-corrected chi connectivity index (χ1v) is 17.3. The maximum absolute atomic E-state index is 2.43. The zero-order valence-electron chi connectivity index (χ0n) is 26.7. The van der Waals surface area contributed by atoms with Gasteiger partial charge in [0.05, 0.1) is 5.41 Å². The topological polar surface area (TPSA) is 0 Å². The highest BCUT2D eigenvalue weighted by molar-refractivity contribution is 6.25. The Balaban J connectivity index is 1.18. The number of fused-ring (bicyclic) bond motifs is 14. The Kier molecular flexibility index (Phi) is 4.74. The molecule has 0 saturated carbocycles. The van der Waals surface area contributed by atoms with Gasteiger partial charge in [-0.3, -0.25) is 0 Å². The van der Waals surface area contributed by atoms with Crippen molar-refractivity contribution in [3.05, 3.63) is 192 Å². The molecule has 12 rings (SSSR count). The van der Waals surface area contributed by atoms with E-state index >= 15 is 0 Å². The van der Waals surface area contributed by atoms with Gasteiger partial charge in [-0.05, 0) is 116 Å². The molecular weight excluding hydrogens is 589 g/mol. The molecule has 224 valence electrons. The zero-order chi connectivity index (χ0) is 31.8. The van der Waals surface area contributed by atoms with E-state index in [-0.39, 0.29) is 0 Å². The molecule has 1 spiro atoms. The average molecular weight is 617 g/mol. The Morgan fingerprint density at radius 3 is 1.71 bits per heavy atom. The molecule has 0 atom stereocenters. The molecule has 49 heavy (non-hydrogen) atoms. The van der Waals surface area contributed by atoms with Crippen LogP contribution >= 0.6 is 0 Å². The van der Waals surface area contributed by atoms with Crippen LogP contribution in [0.15, 0.2) is 170 Å². The fourth-order valence-electron chi connectivity index (χ4n) is 9.90. The fourth-order valence-corrected chi connectivity index (χ4v) is 9.90. The Bertz CT molecular complexity index is 2990. The molecule has 0 radical (unpaired) electrons. The van der Waals surface area contributed by atoms with Crippen LogP contribution in [0.2, 0.25) is 0 Å². The van der Waals surface area contributed by atoms with Crippen LogP contribution in [0.5, 0.6) is 0 Å². The Morgan fingerprint density at radius 2 is 0.898 bits per heavy atom. The zero-order valence-corrected chi connectivity index (χ0v) is 26.7. The summed E-state index contributed by atoms with van der Waals surface area (Å²) in [4.78, 5) is 0. The predicted octanol–water partition coefficient (Wildman–Crippen LogP) is 12.9. The summed E-state index contributed by atoms with van der Waals surface area (Å²) in [7, 11) is 0. The Hall–Kier alpha value is -6.24. The van der Waals surface area contributed by atoms with Gasteiger partial charge >= 0.3 is 0 Å². The highest BCUT2D eigenvalue weighted by Gasteiger charge is 2.52. The van der Waals surface area contributed by atoms with Crippen LogP contribution < -0.4 is 0 Å². The first-order valence-electron chi connectivity index (χ1n) is 17.3. The standard InChI is InChI=1S/C49H28/c1-2-11-36-29(8-1)22-27-44-47(36)41-26-21-34-28-33(35-23-18-32-17-16-30-9-7-10-31-19-25-40(35)46(32)45(30)31)20-24-37(34)48(41)49(44)42-14-5-3-12-38(42)39-13-4-6-15-43(39)49/h1-28H. The third-order valence-corrected chi connectivity index (χ3v) is 11.8. The third-order valence-electron chi connectivity index (χ3n) is 11.8. The second kappa shape index (κ2) is 9.01. The van der Waals surface area contributed by atoms with Gasteiger partial charge in [-0.25, -0.2) is 0 Å². The lowest BCUT2D eigenvalue weighted by molar-refractivity contribution is 0.802. The summed E-state index contributed by atoms with van der Waals surface area (Å²) in [6.45, 7) is 0. The van der Waals surface area contributed by atoms with E-state index in [4.69, 9.17) is 0 Å². The van der Waals surface area contributed by atoms with E-state index in [2.05, 4.69) is 170 Å². The van der Waals surface area contributed by atoms with Gasteiger partial charge in [-0.15, -0.1) is 0 Å². The van der Waals surface area contributed by atoms with Crippen molar-refractivity contribution < 1.29 is 0 Å². The minimum atomic E-state index is -0.393. The number of hydrogen-bond donors (Lipinski definition) is 0. The summed E-state index contributed by atoms with van der Waals surface area (Å²) in [5.74, 6) is 0. The van der Waals surface area contributed by atoms with Crippen molar-refractivity contribution in [2.45, 2.75) is 5.41 Å². The molecule has 10 aromatic rings. The van der Waals surface area contributed by atoms with E-state index < -0.39 is 5.41 Å². The lowest BCUT2D eigenvalue weighted by Gasteiger charge is -2.31. The maximum atomic E-state index is 2.43. The van der Waals surface area contributed by atoms with Crippen LogP contribution in [0.25, 0.3) is 87.2 Å². The molecule has 0 N–H and O–H groups in total. The molecule has 0 nitrogen and oxygen atoms in total. The molecule has 0 heteroatoms. The van der Waals surface area contributed by atoms with Crippen LogP contribution in [0.3, 0.4) is 0 Å². The first kappa shape index (κ1) is 25.8. The second-order valence-electron chi connectivity index (χ2n) is 13.9. The highest BCUT2D eigenvalue weighted by Crippen LogP contribution is 2.65. The van der Waals surface area contributed by atoms with Gasteiger partial charge in [0, 0.05) is 0 Å². The quantitative estimate of drug-likeness (QED) is 0.161. The minimum absolute atomic E-state index is 0.393. The van der Waals surface area contributed by atoms with E-state index in [0.29, 0.717) is 0 Å². The third kappa shape index (κ3) is 3.07. The molecule has 0 amide bonds. The van der Waals surface area contributed by atoms with Crippen LogP contribution in [0.1, 0.15) is 22.3 Å². The van der Waals surface area contributed by atoms with E-state index in [0.717, 1.165) is 0 Å². The molecule has 0 aromatic heterocycles. The van der Waals surface area contributed by atoms with Gasteiger partial charge in [-0.2, -0.15) is 0 Å². The summed E-state index contributed by atoms with van der Waals surface area (Å²) in [6, 6.07) is 64.3. The summed E-state index contributed by atoms with van der Waals surface area (Å²) >= 11 is 0. The van der Waals surface area contributed by atoms with Crippen LogP contribution in [0.4, 0.5) is 0 Å². The smallest absolute Gasteiger partial charge is 0.0619 e. The van der Waals surface area contributed by atoms with Gasteiger partial charge in [0.25, 0.3) is 0 Å². The molecule has 0 bridgehead atoms. The largest absolute Gasteiger partial charge is 0.0731 e. The van der Waals surface area contributed by atoms with Crippen molar-refractivity contribution in [1.82, 2.24) is 0 Å².